The first-order chi connectivity index (χ1) is 9.61. The first-order valence-electron chi connectivity index (χ1n) is 6.31. The molecule has 0 atom stereocenters. The fraction of sp³-hybridized carbons (Fsp3) is 0.538. The lowest BCUT2D eigenvalue weighted by atomic mass is 10.2. The molecule has 0 spiro atoms. The number of rotatable bonds is 8. The van der Waals surface area contributed by atoms with E-state index in [1.54, 1.807) is 13.2 Å². The Morgan fingerprint density at radius 2 is 1.95 bits per heavy atom. The van der Waals surface area contributed by atoms with Crippen molar-refractivity contribution in [2.24, 2.45) is 0 Å². The van der Waals surface area contributed by atoms with Crippen LogP contribution in [0.4, 0.5) is 14.5 Å². The molecule has 0 saturated heterocycles. The van der Waals surface area contributed by atoms with Crippen LogP contribution in [0.5, 0.6) is 11.5 Å². The molecule has 0 saturated carbocycles. The molecule has 2 rings (SSSR count). The van der Waals surface area contributed by atoms with E-state index < -0.39 is 6.29 Å². The summed E-state index contributed by atoms with van der Waals surface area (Å²) in [5.41, 5.74) is 0.696. The lowest BCUT2D eigenvalue weighted by Gasteiger charge is -2.07. The van der Waals surface area contributed by atoms with Crippen molar-refractivity contribution in [3.8, 4) is 11.5 Å². The van der Waals surface area contributed by atoms with Gasteiger partial charge in [0.1, 0.15) is 0 Å². The molecule has 1 N–H and O–H groups in total. The van der Waals surface area contributed by atoms with Gasteiger partial charge >= 0.3 is 6.29 Å². The maximum Gasteiger partial charge on any atom is 0.586 e. The van der Waals surface area contributed by atoms with Crippen molar-refractivity contribution in [3.63, 3.8) is 0 Å². The highest BCUT2D eigenvalue weighted by Crippen LogP contribution is 2.42. The number of benzene rings is 1. The molecule has 0 unspecified atom stereocenters. The number of alkyl halides is 2. The van der Waals surface area contributed by atoms with E-state index in [0.717, 1.165) is 6.42 Å². The van der Waals surface area contributed by atoms with Crippen molar-refractivity contribution >= 4 is 5.69 Å². The molecule has 0 aliphatic carbocycles. The zero-order valence-electron chi connectivity index (χ0n) is 11.2. The lowest BCUT2D eigenvalue weighted by Crippen LogP contribution is -2.25. The lowest BCUT2D eigenvalue weighted by molar-refractivity contribution is -0.286. The van der Waals surface area contributed by atoms with Crippen LogP contribution in [0.15, 0.2) is 18.2 Å². The minimum atomic E-state index is -3.57. The first-order valence-corrected chi connectivity index (χ1v) is 6.31. The third kappa shape index (κ3) is 4.21. The minimum Gasteiger partial charge on any atom is -0.395 e. The third-order valence-electron chi connectivity index (χ3n) is 2.63. The highest BCUT2D eigenvalue weighted by atomic mass is 19.3. The van der Waals surface area contributed by atoms with Gasteiger partial charge in [0, 0.05) is 32.0 Å². The van der Waals surface area contributed by atoms with E-state index in [-0.39, 0.29) is 11.5 Å². The molecule has 112 valence electrons. The van der Waals surface area contributed by atoms with E-state index in [4.69, 9.17) is 9.47 Å². The fourth-order valence-electron chi connectivity index (χ4n) is 1.71. The predicted molar refractivity (Wildman–Crippen MR) is 68.4 cm³/mol. The van der Waals surface area contributed by atoms with Gasteiger partial charge in [-0.2, -0.15) is 0 Å². The van der Waals surface area contributed by atoms with Gasteiger partial charge in [0.05, 0.1) is 13.2 Å². The number of fused-ring (bicyclic) bond motifs is 1. The summed E-state index contributed by atoms with van der Waals surface area (Å²) < 4.78 is 44.5. The minimum absolute atomic E-state index is 0.0383. The topological polar surface area (TPSA) is 49.0 Å². The maximum absolute atomic E-state index is 12.8. The van der Waals surface area contributed by atoms with Crippen LogP contribution < -0.4 is 14.8 Å². The Labute approximate surface area is 115 Å². The van der Waals surface area contributed by atoms with Gasteiger partial charge in [-0.1, -0.05) is 0 Å². The van der Waals surface area contributed by atoms with Crippen LogP contribution in [-0.4, -0.2) is 39.8 Å². The van der Waals surface area contributed by atoms with E-state index in [1.807, 2.05) is 0 Å². The first kappa shape index (κ1) is 14.8. The monoisotopic (exact) mass is 289 g/mol. The number of hydrogen-bond donors (Lipinski definition) is 1. The molecule has 0 amide bonds. The molecule has 0 radical (unpaired) electrons. The van der Waals surface area contributed by atoms with E-state index in [1.165, 1.54) is 12.1 Å². The van der Waals surface area contributed by atoms with E-state index in [2.05, 4.69) is 14.8 Å². The molecule has 7 heteroatoms. The molecule has 1 heterocycles. The smallest absolute Gasteiger partial charge is 0.395 e. The summed E-state index contributed by atoms with van der Waals surface area (Å²) in [6.07, 6.45) is -2.77. The molecular formula is C13H17F2NO4. The molecular weight excluding hydrogens is 272 g/mol. The summed E-state index contributed by atoms with van der Waals surface area (Å²) >= 11 is 0. The summed E-state index contributed by atoms with van der Waals surface area (Å²) in [6, 6.07) is 4.60. The third-order valence-corrected chi connectivity index (χ3v) is 2.63. The normalized spacial score (nSPS) is 15.3. The van der Waals surface area contributed by atoms with Crippen molar-refractivity contribution in [3.05, 3.63) is 18.2 Å². The summed E-state index contributed by atoms with van der Waals surface area (Å²) in [6.45, 7) is 2.42. The van der Waals surface area contributed by atoms with Crippen LogP contribution in [-0.2, 0) is 9.47 Å². The van der Waals surface area contributed by atoms with E-state index in [9.17, 15) is 8.78 Å². The molecule has 1 aromatic carbocycles. The Morgan fingerprint density at radius 1 is 1.15 bits per heavy atom. The Morgan fingerprint density at radius 3 is 2.75 bits per heavy atom. The molecule has 0 aromatic heterocycles. The van der Waals surface area contributed by atoms with Crippen LogP contribution >= 0.6 is 0 Å². The van der Waals surface area contributed by atoms with Crippen molar-refractivity contribution in [1.29, 1.82) is 0 Å². The van der Waals surface area contributed by atoms with Crippen molar-refractivity contribution in [2.75, 3.05) is 38.8 Å². The summed E-state index contributed by atoms with van der Waals surface area (Å²) in [4.78, 5) is 0. The Bertz CT molecular complexity index is 442. The van der Waals surface area contributed by atoms with Crippen LogP contribution in [0.3, 0.4) is 0 Å². The number of nitrogens with one attached hydrogen (secondary N) is 1. The number of methoxy groups -OCH3 is 1. The van der Waals surface area contributed by atoms with Gasteiger partial charge in [-0.05, 0) is 18.6 Å². The van der Waals surface area contributed by atoms with Crippen LogP contribution in [0.25, 0.3) is 0 Å². The molecule has 1 aromatic rings. The van der Waals surface area contributed by atoms with Gasteiger partial charge in [-0.15, -0.1) is 8.78 Å². The fourth-order valence-corrected chi connectivity index (χ4v) is 1.71. The molecule has 1 aliphatic heterocycles. The largest absolute Gasteiger partial charge is 0.586 e. The summed E-state index contributed by atoms with van der Waals surface area (Å²) in [5, 5.41) is 3.10. The molecule has 0 bridgehead atoms. The second-order valence-electron chi connectivity index (χ2n) is 4.21. The number of anilines is 1. The maximum atomic E-state index is 12.8. The molecule has 20 heavy (non-hydrogen) atoms. The SMILES string of the molecule is COCCOCCCNc1ccc2c(c1)OC(F)(F)O2. The van der Waals surface area contributed by atoms with Crippen molar-refractivity contribution < 1.29 is 27.7 Å². The summed E-state index contributed by atoms with van der Waals surface area (Å²) in [5.74, 6) is 0.0831. The van der Waals surface area contributed by atoms with E-state index in [0.29, 0.717) is 32.1 Å². The zero-order valence-corrected chi connectivity index (χ0v) is 11.2. The highest BCUT2D eigenvalue weighted by molar-refractivity contribution is 5.55. The van der Waals surface area contributed by atoms with Crippen LogP contribution in [0.2, 0.25) is 0 Å². The second kappa shape index (κ2) is 6.71. The predicted octanol–water partition coefficient (Wildman–Crippen LogP) is 2.47. The number of hydrogen-bond acceptors (Lipinski definition) is 5. The quantitative estimate of drug-likeness (QED) is 0.745. The van der Waals surface area contributed by atoms with Gasteiger partial charge in [0.2, 0.25) is 0 Å². The Hall–Kier alpha value is -1.60. The molecule has 0 fully saturated rings. The van der Waals surface area contributed by atoms with Gasteiger partial charge in [-0.25, -0.2) is 0 Å². The van der Waals surface area contributed by atoms with E-state index >= 15 is 0 Å². The average Bonchev–Trinajstić information content (AvgIpc) is 2.71. The zero-order chi connectivity index (χ0) is 14.4. The van der Waals surface area contributed by atoms with Crippen LogP contribution in [0.1, 0.15) is 6.42 Å². The number of ether oxygens (including phenoxy) is 4. The molecule has 1 aliphatic rings. The van der Waals surface area contributed by atoms with Crippen molar-refractivity contribution in [2.45, 2.75) is 12.7 Å². The Kier molecular flexibility index (Phi) is 4.97. The van der Waals surface area contributed by atoms with Gasteiger partial charge in [-0.3, -0.25) is 0 Å². The van der Waals surface area contributed by atoms with Gasteiger partial charge in [0.15, 0.2) is 11.5 Å². The summed E-state index contributed by atoms with van der Waals surface area (Å²) in [7, 11) is 1.62. The standard InChI is InChI=1S/C13H17F2NO4/c1-17-7-8-18-6-2-5-16-10-3-4-11-12(9-10)20-13(14,15)19-11/h3-4,9,16H,2,5-8H2,1H3. The van der Waals surface area contributed by atoms with Crippen LogP contribution in [0, 0.1) is 0 Å². The molecule has 5 nitrogen and oxygen atoms in total. The average molecular weight is 289 g/mol. The van der Waals surface area contributed by atoms with Gasteiger partial charge in [0.25, 0.3) is 0 Å². The van der Waals surface area contributed by atoms with Gasteiger partial charge < -0.3 is 24.3 Å². The highest BCUT2D eigenvalue weighted by Gasteiger charge is 2.43. The van der Waals surface area contributed by atoms with Crippen molar-refractivity contribution in [1.82, 2.24) is 0 Å². The number of halogens is 2. The second-order valence-corrected chi connectivity index (χ2v) is 4.21. The Balaban J connectivity index is 1.70.